The van der Waals surface area contributed by atoms with Crippen molar-refractivity contribution in [2.45, 2.75) is 46.1 Å². The third kappa shape index (κ3) is 7.10. The lowest BCUT2D eigenvalue weighted by Gasteiger charge is -2.20. The lowest BCUT2D eigenvalue weighted by atomic mass is 10.1. The van der Waals surface area contributed by atoms with Gasteiger partial charge in [0.2, 0.25) is 5.91 Å². The fourth-order valence-electron chi connectivity index (χ4n) is 3.71. The fourth-order valence-corrected chi connectivity index (χ4v) is 3.71. The van der Waals surface area contributed by atoms with Crippen LogP contribution in [0.5, 0.6) is 0 Å². The van der Waals surface area contributed by atoms with Gasteiger partial charge in [0, 0.05) is 38.6 Å². The standard InChI is InChI=1S/C25H34N4O2/c1-19(2)24(30)29-13-12-23(16-29)28-25(26-3)27-15-21-10-7-11-22(14-21)18-31-17-20-8-5-4-6-9-20/h4-11,14,19,23H,12-13,15-18H2,1-3H3,(H2,26,27,28). The van der Waals surface area contributed by atoms with Crippen LogP contribution in [0, 0.1) is 5.92 Å². The van der Waals surface area contributed by atoms with E-state index in [0.717, 1.165) is 31.0 Å². The van der Waals surface area contributed by atoms with Gasteiger partial charge in [-0.3, -0.25) is 9.79 Å². The molecule has 166 valence electrons. The van der Waals surface area contributed by atoms with E-state index < -0.39 is 0 Å². The van der Waals surface area contributed by atoms with Crippen molar-refractivity contribution in [3.8, 4) is 0 Å². The second-order valence-electron chi connectivity index (χ2n) is 8.29. The first kappa shape index (κ1) is 22.8. The number of hydrogen-bond acceptors (Lipinski definition) is 3. The number of hydrogen-bond donors (Lipinski definition) is 2. The van der Waals surface area contributed by atoms with Crippen LogP contribution in [-0.4, -0.2) is 42.9 Å². The molecule has 6 heteroatoms. The zero-order chi connectivity index (χ0) is 22.1. The van der Waals surface area contributed by atoms with Gasteiger partial charge >= 0.3 is 0 Å². The molecule has 0 aromatic heterocycles. The SMILES string of the molecule is CN=C(NCc1cccc(COCc2ccccc2)c1)NC1CCN(C(=O)C(C)C)C1. The number of carbonyl (C=O) groups excluding carboxylic acids is 1. The summed E-state index contributed by atoms with van der Waals surface area (Å²) in [5, 5.41) is 6.83. The molecular formula is C25H34N4O2. The van der Waals surface area contributed by atoms with Crippen LogP contribution in [0.2, 0.25) is 0 Å². The zero-order valence-electron chi connectivity index (χ0n) is 18.8. The van der Waals surface area contributed by atoms with Crippen molar-refractivity contribution >= 4 is 11.9 Å². The molecule has 1 aliphatic rings. The number of likely N-dealkylation sites (tertiary alicyclic amines) is 1. The predicted octanol–water partition coefficient (Wildman–Crippen LogP) is 3.33. The molecule has 31 heavy (non-hydrogen) atoms. The molecule has 1 amide bonds. The molecule has 1 aliphatic heterocycles. The number of aliphatic imine (C=N–C) groups is 1. The number of carbonyl (C=O) groups is 1. The Kier molecular flexibility index (Phi) is 8.47. The Bertz CT molecular complexity index is 867. The molecule has 1 unspecified atom stereocenters. The van der Waals surface area contributed by atoms with Crippen LogP contribution >= 0.6 is 0 Å². The number of guanidine groups is 1. The van der Waals surface area contributed by atoms with E-state index in [4.69, 9.17) is 4.74 Å². The normalized spacial score (nSPS) is 16.6. The number of amides is 1. The topological polar surface area (TPSA) is 66.0 Å². The number of ether oxygens (including phenoxy) is 1. The van der Waals surface area contributed by atoms with Gasteiger partial charge in [-0.2, -0.15) is 0 Å². The van der Waals surface area contributed by atoms with Crippen molar-refractivity contribution < 1.29 is 9.53 Å². The monoisotopic (exact) mass is 422 g/mol. The van der Waals surface area contributed by atoms with Gasteiger partial charge in [0.05, 0.1) is 13.2 Å². The molecule has 0 radical (unpaired) electrons. The Hall–Kier alpha value is -2.86. The summed E-state index contributed by atoms with van der Waals surface area (Å²) in [5.74, 6) is 1.02. The van der Waals surface area contributed by atoms with Crippen LogP contribution < -0.4 is 10.6 Å². The highest BCUT2D eigenvalue weighted by atomic mass is 16.5. The minimum Gasteiger partial charge on any atom is -0.372 e. The molecule has 0 spiro atoms. The molecule has 1 heterocycles. The molecule has 2 N–H and O–H groups in total. The second kappa shape index (κ2) is 11.5. The maximum atomic E-state index is 12.2. The van der Waals surface area contributed by atoms with Gasteiger partial charge in [0.15, 0.2) is 5.96 Å². The first-order chi connectivity index (χ1) is 15.0. The van der Waals surface area contributed by atoms with E-state index in [-0.39, 0.29) is 17.9 Å². The summed E-state index contributed by atoms with van der Waals surface area (Å²) in [6.07, 6.45) is 0.938. The van der Waals surface area contributed by atoms with Crippen molar-refractivity contribution in [2.24, 2.45) is 10.9 Å². The van der Waals surface area contributed by atoms with Crippen LogP contribution in [-0.2, 0) is 29.3 Å². The fraction of sp³-hybridized carbons (Fsp3) is 0.440. The van der Waals surface area contributed by atoms with E-state index in [1.54, 1.807) is 7.05 Å². The average molecular weight is 423 g/mol. The van der Waals surface area contributed by atoms with E-state index in [1.807, 2.05) is 36.9 Å². The third-order valence-corrected chi connectivity index (χ3v) is 5.39. The number of nitrogens with zero attached hydrogens (tertiary/aromatic N) is 2. The first-order valence-electron chi connectivity index (χ1n) is 11.0. The highest BCUT2D eigenvalue weighted by Crippen LogP contribution is 2.13. The minimum atomic E-state index is 0.0418. The number of benzene rings is 2. The van der Waals surface area contributed by atoms with Crippen molar-refractivity contribution in [1.82, 2.24) is 15.5 Å². The van der Waals surface area contributed by atoms with E-state index >= 15 is 0 Å². The third-order valence-electron chi connectivity index (χ3n) is 5.39. The molecule has 0 aliphatic carbocycles. The van der Waals surface area contributed by atoms with Crippen LogP contribution in [0.3, 0.4) is 0 Å². The highest BCUT2D eigenvalue weighted by Gasteiger charge is 2.27. The van der Waals surface area contributed by atoms with Gasteiger partial charge in [-0.05, 0) is 23.1 Å². The molecule has 2 aromatic carbocycles. The summed E-state index contributed by atoms with van der Waals surface area (Å²) in [5.41, 5.74) is 3.50. The lowest BCUT2D eigenvalue weighted by Crippen LogP contribution is -2.45. The second-order valence-corrected chi connectivity index (χ2v) is 8.29. The zero-order valence-corrected chi connectivity index (χ0v) is 18.8. The molecule has 1 saturated heterocycles. The van der Waals surface area contributed by atoms with Gasteiger partial charge in [0.1, 0.15) is 0 Å². The van der Waals surface area contributed by atoms with E-state index in [1.165, 1.54) is 11.1 Å². The summed E-state index contributed by atoms with van der Waals surface area (Å²) in [6, 6.07) is 18.8. The van der Waals surface area contributed by atoms with E-state index in [0.29, 0.717) is 19.8 Å². The van der Waals surface area contributed by atoms with Crippen LogP contribution in [0.4, 0.5) is 0 Å². The summed E-state index contributed by atoms with van der Waals surface area (Å²) in [4.78, 5) is 18.5. The molecule has 0 bridgehead atoms. The lowest BCUT2D eigenvalue weighted by molar-refractivity contribution is -0.133. The van der Waals surface area contributed by atoms with Crippen molar-refractivity contribution in [1.29, 1.82) is 0 Å². The summed E-state index contributed by atoms with van der Waals surface area (Å²) < 4.78 is 5.85. The van der Waals surface area contributed by atoms with Gasteiger partial charge in [-0.15, -0.1) is 0 Å². The Morgan fingerprint density at radius 2 is 1.81 bits per heavy atom. The molecule has 6 nitrogen and oxygen atoms in total. The Morgan fingerprint density at radius 3 is 2.55 bits per heavy atom. The van der Waals surface area contributed by atoms with Gasteiger partial charge in [-0.25, -0.2) is 0 Å². The maximum absolute atomic E-state index is 12.2. The van der Waals surface area contributed by atoms with Gasteiger partial charge in [-0.1, -0.05) is 68.4 Å². The molecule has 3 rings (SSSR count). The first-order valence-corrected chi connectivity index (χ1v) is 11.0. The summed E-state index contributed by atoms with van der Waals surface area (Å²) in [7, 11) is 1.77. The average Bonchev–Trinajstić information content (AvgIpc) is 3.25. The largest absolute Gasteiger partial charge is 0.372 e. The number of nitrogens with one attached hydrogen (secondary N) is 2. The Balaban J connectivity index is 1.44. The smallest absolute Gasteiger partial charge is 0.225 e. The van der Waals surface area contributed by atoms with Crippen molar-refractivity contribution in [3.63, 3.8) is 0 Å². The molecule has 1 fully saturated rings. The summed E-state index contributed by atoms with van der Waals surface area (Å²) >= 11 is 0. The number of rotatable bonds is 8. The van der Waals surface area contributed by atoms with Gasteiger partial charge < -0.3 is 20.3 Å². The van der Waals surface area contributed by atoms with Crippen LogP contribution in [0.1, 0.15) is 37.0 Å². The quantitative estimate of drug-likeness (QED) is 0.506. The Labute approximate surface area is 185 Å². The molecular weight excluding hydrogens is 388 g/mol. The van der Waals surface area contributed by atoms with Crippen molar-refractivity contribution in [2.75, 3.05) is 20.1 Å². The maximum Gasteiger partial charge on any atom is 0.225 e. The molecule has 0 saturated carbocycles. The van der Waals surface area contributed by atoms with E-state index in [9.17, 15) is 4.79 Å². The molecule has 2 aromatic rings. The minimum absolute atomic E-state index is 0.0418. The summed E-state index contributed by atoms with van der Waals surface area (Å²) in [6.45, 7) is 7.29. The van der Waals surface area contributed by atoms with Crippen LogP contribution in [0.25, 0.3) is 0 Å². The van der Waals surface area contributed by atoms with Gasteiger partial charge in [0.25, 0.3) is 0 Å². The van der Waals surface area contributed by atoms with E-state index in [2.05, 4.69) is 52.0 Å². The predicted molar refractivity (Wildman–Crippen MR) is 125 cm³/mol. The highest BCUT2D eigenvalue weighted by molar-refractivity contribution is 5.81. The van der Waals surface area contributed by atoms with Crippen molar-refractivity contribution in [3.05, 3.63) is 71.3 Å². The molecule has 1 atom stereocenters. The van der Waals surface area contributed by atoms with Crippen LogP contribution in [0.15, 0.2) is 59.6 Å². The Morgan fingerprint density at radius 1 is 1.10 bits per heavy atom.